The molecule has 1 aromatic carbocycles. The van der Waals surface area contributed by atoms with E-state index in [4.69, 9.17) is 0 Å². The molecule has 0 unspecified atom stereocenters. The van der Waals surface area contributed by atoms with Crippen molar-refractivity contribution in [3.05, 3.63) is 47.3 Å². The fourth-order valence-electron chi connectivity index (χ4n) is 2.50. The van der Waals surface area contributed by atoms with Crippen molar-refractivity contribution >= 4 is 15.9 Å². The monoisotopic (exact) mass is 418 g/mol. The van der Waals surface area contributed by atoms with Crippen molar-refractivity contribution in [3.63, 3.8) is 0 Å². The number of sulfonamides is 1. The first kappa shape index (κ1) is 21.9. The maximum atomic E-state index is 12.7. The lowest BCUT2D eigenvalue weighted by Crippen LogP contribution is -2.37. The quantitative estimate of drug-likeness (QED) is 0.642. The Hall–Kier alpha value is -2.40. The van der Waals surface area contributed by atoms with E-state index < -0.39 is 39.1 Å². The molecule has 2 aromatic rings. The molecule has 2 rings (SSSR count). The summed E-state index contributed by atoms with van der Waals surface area (Å²) >= 11 is 0. The van der Waals surface area contributed by atoms with Gasteiger partial charge in [-0.2, -0.15) is 18.3 Å². The van der Waals surface area contributed by atoms with E-state index in [1.807, 2.05) is 24.6 Å². The number of alkyl halides is 3. The van der Waals surface area contributed by atoms with Gasteiger partial charge in [-0.05, 0) is 44.5 Å². The second kappa shape index (κ2) is 8.74. The molecule has 0 saturated heterocycles. The number of nitrogens with zero attached hydrogens (tertiary/aromatic N) is 2. The fraction of sp³-hybridized carbons (Fsp3) is 0.412. The molecule has 0 radical (unpaired) electrons. The van der Waals surface area contributed by atoms with Crippen LogP contribution in [0.2, 0.25) is 0 Å². The number of rotatable bonds is 8. The molecule has 154 valence electrons. The summed E-state index contributed by atoms with van der Waals surface area (Å²) in [7, 11) is -4.24. The zero-order valence-corrected chi connectivity index (χ0v) is 16.2. The predicted molar refractivity (Wildman–Crippen MR) is 96.0 cm³/mol. The molecule has 1 aromatic heterocycles. The summed E-state index contributed by atoms with van der Waals surface area (Å²) in [5, 5.41) is 6.84. The van der Waals surface area contributed by atoms with Crippen LogP contribution in [0.3, 0.4) is 0 Å². The number of benzene rings is 1. The number of hydrogen-bond donors (Lipinski definition) is 2. The van der Waals surface area contributed by atoms with Crippen LogP contribution < -0.4 is 10.0 Å². The van der Waals surface area contributed by atoms with E-state index in [2.05, 4.69) is 10.4 Å². The Morgan fingerprint density at radius 1 is 1.21 bits per heavy atom. The lowest BCUT2D eigenvalue weighted by Gasteiger charge is -2.11. The van der Waals surface area contributed by atoms with Crippen LogP contribution in [0.15, 0.2) is 35.2 Å². The highest BCUT2D eigenvalue weighted by Crippen LogP contribution is 2.30. The molecule has 0 aliphatic heterocycles. The summed E-state index contributed by atoms with van der Waals surface area (Å²) in [5.41, 5.74) is 0.812. The van der Waals surface area contributed by atoms with Crippen LogP contribution in [0, 0.1) is 13.8 Å². The van der Waals surface area contributed by atoms with E-state index >= 15 is 0 Å². The Morgan fingerprint density at radius 3 is 2.54 bits per heavy atom. The topological polar surface area (TPSA) is 93.1 Å². The fourth-order valence-corrected chi connectivity index (χ4v) is 3.53. The highest BCUT2D eigenvalue weighted by Gasteiger charge is 2.31. The number of carbonyl (C=O) groups is 1. The molecule has 1 amide bonds. The number of hydrogen-bond acceptors (Lipinski definition) is 4. The van der Waals surface area contributed by atoms with Gasteiger partial charge >= 0.3 is 6.18 Å². The number of carbonyl (C=O) groups excluding carboxylic acids is 1. The summed E-state index contributed by atoms with van der Waals surface area (Å²) < 4.78 is 66.1. The van der Waals surface area contributed by atoms with Gasteiger partial charge in [0.25, 0.3) is 0 Å². The van der Waals surface area contributed by atoms with Crippen molar-refractivity contribution in [2.24, 2.45) is 0 Å². The van der Waals surface area contributed by atoms with Crippen molar-refractivity contribution < 1.29 is 26.4 Å². The Balaban J connectivity index is 1.82. The first-order chi connectivity index (χ1) is 13.0. The average Bonchev–Trinajstić information content (AvgIpc) is 2.94. The third kappa shape index (κ3) is 6.06. The molecule has 0 saturated carbocycles. The summed E-state index contributed by atoms with van der Waals surface area (Å²) in [6.07, 6.45) is -4.07. The highest BCUT2D eigenvalue weighted by atomic mass is 32.2. The van der Waals surface area contributed by atoms with E-state index in [0.717, 1.165) is 29.6 Å². The summed E-state index contributed by atoms with van der Waals surface area (Å²) in [6.45, 7) is 4.12. The van der Waals surface area contributed by atoms with Gasteiger partial charge in [-0.15, -0.1) is 0 Å². The number of aromatic nitrogens is 2. The number of aryl methyl sites for hydroxylation is 3. The molecule has 1 heterocycles. The Labute approximate surface area is 161 Å². The van der Waals surface area contributed by atoms with E-state index in [1.54, 1.807) is 4.68 Å². The van der Waals surface area contributed by atoms with Crippen LogP contribution >= 0.6 is 0 Å². The lowest BCUT2D eigenvalue weighted by molar-refractivity contribution is -0.137. The van der Waals surface area contributed by atoms with E-state index in [9.17, 15) is 26.4 Å². The zero-order chi connectivity index (χ0) is 20.9. The van der Waals surface area contributed by atoms with Gasteiger partial charge in [0.15, 0.2) is 0 Å². The molecule has 28 heavy (non-hydrogen) atoms. The summed E-state index contributed by atoms with van der Waals surface area (Å²) in [5.74, 6) is -0.580. The van der Waals surface area contributed by atoms with Gasteiger partial charge in [-0.1, -0.05) is 6.07 Å². The van der Waals surface area contributed by atoms with Gasteiger partial charge in [0, 0.05) is 18.8 Å². The molecular weight excluding hydrogens is 397 g/mol. The first-order valence-electron chi connectivity index (χ1n) is 8.44. The Morgan fingerprint density at radius 2 is 1.93 bits per heavy atom. The molecule has 0 aliphatic rings. The van der Waals surface area contributed by atoms with Gasteiger partial charge in [-0.3, -0.25) is 9.48 Å². The molecule has 11 heteroatoms. The smallest absolute Gasteiger partial charge is 0.355 e. The molecule has 0 bridgehead atoms. The van der Waals surface area contributed by atoms with Crippen molar-refractivity contribution in [2.75, 3.05) is 13.1 Å². The Kier molecular flexibility index (Phi) is 6.83. The van der Waals surface area contributed by atoms with Crippen LogP contribution in [0.1, 0.15) is 23.4 Å². The van der Waals surface area contributed by atoms with Gasteiger partial charge in [-0.25, -0.2) is 13.1 Å². The van der Waals surface area contributed by atoms with Gasteiger partial charge in [0.05, 0.1) is 22.7 Å². The van der Waals surface area contributed by atoms with Crippen LogP contribution in [-0.2, 0) is 27.5 Å². The van der Waals surface area contributed by atoms with Crippen LogP contribution in [0.4, 0.5) is 13.2 Å². The third-order valence-corrected chi connectivity index (χ3v) is 5.27. The zero-order valence-electron chi connectivity index (χ0n) is 15.4. The molecule has 2 N–H and O–H groups in total. The first-order valence-corrected chi connectivity index (χ1v) is 9.92. The molecule has 0 atom stereocenters. The maximum Gasteiger partial charge on any atom is 0.416 e. The predicted octanol–water partition coefficient (Wildman–Crippen LogP) is 2.00. The summed E-state index contributed by atoms with van der Waals surface area (Å²) in [6, 6.07) is 5.25. The van der Waals surface area contributed by atoms with Crippen molar-refractivity contribution in [3.8, 4) is 0 Å². The van der Waals surface area contributed by atoms with E-state index in [-0.39, 0.29) is 0 Å². The minimum Gasteiger partial charge on any atom is -0.355 e. The molecular formula is C17H21F3N4O3S. The average molecular weight is 418 g/mol. The number of halogens is 3. The van der Waals surface area contributed by atoms with Crippen LogP contribution in [0.5, 0.6) is 0 Å². The number of amides is 1. The van der Waals surface area contributed by atoms with E-state index in [1.165, 1.54) is 0 Å². The largest absolute Gasteiger partial charge is 0.416 e. The second-order valence-electron chi connectivity index (χ2n) is 6.20. The van der Waals surface area contributed by atoms with Crippen molar-refractivity contribution in [2.45, 2.75) is 37.9 Å². The number of nitrogens with one attached hydrogen (secondary N) is 2. The Bertz CT molecular complexity index is 939. The standard InChI is InChI=1S/C17H21F3N4O3S/c1-12-9-13(2)24(23-12)8-4-7-21-16(25)11-22-28(26,27)15-6-3-5-14(10-15)17(18,19)20/h3,5-6,9-10,22H,4,7-8,11H2,1-2H3,(H,21,25). The maximum absolute atomic E-state index is 12.7. The molecule has 0 fully saturated rings. The molecule has 0 aliphatic carbocycles. The van der Waals surface area contributed by atoms with Crippen LogP contribution in [-0.4, -0.2) is 37.2 Å². The van der Waals surface area contributed by atoms with Crippen molar-refractivity contribution in [1.29, 1.82) is 0 Å². The molecule has 0 spiro atoms. The minimum absolute atomic E-state index is 0.308. The summed E-state index contributed by atoms with van der Waals surface area (Å²) in [4.78, 5) is 11.2. The normalized spacial score (nSPS) is 12.2. The third-order valence-electron chi connectivity index (χ3n) is 3.87. The molecule has 7 nitrogen and oxygen atoms in total. The van der Waals surface area contributed by atoms with Crippen LogP contribution in [0.25, 0.3) is 0 Å². The van der Waals surface area contributed by atoms with E-state index in [0.29, 0.717) is 25.6 Å². The van der Waals surface area contributed by atoms with Gasteiger partial charge < -0.3 is 5.32 Å². The minimum atomic E-state index is -4.66. The van der Waals surface area contributed by atoms with Crippen molar-refractivity contribution in [1.82, 2.24) is 19.8 Å². The second-order valence-corrected chi connectivity index (χ2v) is 7.97. The van der Waals surface area contributed by atoms with Gasteiger partial charge in [0.2, 0.25) is 15.9 Å². The lowest BCUT2D eigenvalue weighted by atomic mass is 10.2. The van der Waals surface area contributed by atoms with Gasteiger partial charge in [0.1, 0.15) is 0 Å². The highest BCUT2D eigenvalue weighted by molar-refractivity contribution is 7.89. The SMILES string of the molecule is Cc1cc(C)n(CCCNC(=O)CNS(=O)(=O)c2cccc(C(F)(F)F)c2)n1.